The maximum absolute atomic E-state index is 5.66. The zero-order valence-corrected chi connectivity index (χ0v) is 12.7. The van der Waals surface area contributed by atoms with Gasteiger partial charge in [0, 0.05) is 15.1 Å². The molecule has 0 saturated carbocycles. The smallest absolute Gasteiger partial charge is 0.266 e. The summed E-state index contributed by atoms with van der Waals surface area (Å²) in [6.07, 6.45) is 1.69. The topological polar surface area (TPSA) is 51.8 Å². The lowest BCUT2D eigenvalue weighted by Gasteiger charge is -1.99. The fourth-order valence-corrected chi connectivity index (χ4v) is 2.36. The number of rotatable bonds is 2. The highest BCUT2D eigenvalue weighted by molar-refractivity contribution is 9.11. The van der Waals surface area contributed by atoms with Crippen molar-refractivity contribution in [2.24, 2.45) is 0 Å². The maximum Gasteiger partial charge on any atom is 0.266 e. The third kappa shape index (κ3) is 2.59. The van der Waals surface area contributed by atoms with Crippen LogP contribution in [0, 0.1) is 0 Å². The molecule has 0 unspecified atom stereocenters. The van der Waals surface area contributed by atoms with Crippen LogP contribution >= 0.6 is 31.9 Å². The summed E-state index contributed by atoms with van der Waals surface area (Å²) in [6, 6.07) is 11.3. The lowest BCUT2D eigenvalue weighted by atomic mass is 10.2. The van der Waals surface area contributed by atoms with Crippen molar-refractivity contribution in [2.45, 2.75) is 0 Å². The molecule has 19 heavy (non-hydrogen) atoms. The van der Waals surface area contributed by atoms with Crippen molar-refractivity contribution in [1.82, 2.24) is 15.2 Å². The quantitative estimate of drug-likeness (QED) is 0.664. The van der Waals surface area contributed by atoms with Crippen molar-refractivity contribution in [3.63, 3.8) is 0 Å². The van der Waals surface area contributed by atoms with Gasteiger partial charge in [0.25, 0.3) is 5.89 Å². The molecule has 0 radical (unpaired) electrons. The second-order valence-electron chi connectivity index (χ2n) is 3.75. The average molecular weight is 381 g/mol. The van der Waals surface area contributed by atoms with Gasteiger partial charge in [0.1, 0.15) is 5.69 Å². The van der Waals surface area contributed by atoms with Crippen molar-refractivity contribution < 1.29 is 4.42 Å². The minimum Gasteiger partial charge on any atom is -0.415 e. The Morgan fingerprint density at radius 1 is 0.947 bits per heavy atom. The molecule has 1 aromatic carbocycles. The summed E-state index contributed by atoms with van der Waals surface area (Å²) in [6.45, 7) is 0. The molecule has 0 aliphatic heterocycles. The average Bonchev–Trinajstić information content (AvgIpc) is 2.92. The highest BCUT2D eigenvalue weighted by Gasteiger charge is 2.13. The Kier molecular flexibility index (Phi) is 3.44. The van der Waals surface area contributed by atoms with Crippen LogP contribution < -0.4 is 0 Å². The summed E-state index contributed by atoms with van der Waals surface area (Å²) in [4.78, 5) is 4.18. The van der Waals surface area contributed by atoms with E-state index in [1.807, 2.05) is 36.4 Å². The predicted molar refractivity (Wildman–Crippen MR) is 78.4 cm³/mol. The first kappa shape index (κ1) is 12.5. The molecule has 2 aromatic heterocycles. The fraction of sp³-hybridized carbons (Fsp3) is 0. The Morgan fingerprint density at radius 2 is 1.79 bits per heavy atom. The molecule has 0 N–H and O–H groups in total. The molecule has 3 aromatic rings. The van der Waals surface area contributed by atoms with Crippen LogP contribution in [0.4, 0.5) is 0 Å². The van der Waals surface area contributed by atoms with Crippen molar-refractivity contribution in [3.05, 3.63) is 51.5 Å². The van der Waals surface area contributed by atoms with E-state index in [9.17, 15) is 0 Å². The molecular weight excluding hydrogens is 374 g/mol. The van der Waals surface area contributed by atoms with E-state index >= 15 is 0 Å². The first-order valence-electron chi connectivity index (χ1n) is 5.44. The van der Waals surface area contributed by atoms with Crippen LogP contribution in [0.3, 0.4) is 0 Å². The Hall–Kier alpha value is -1.53. The first-order valence-corrected chi connectivity index (χ1v) is 7.03. The summed E-state index contributed by atoms with van der Waals surface area (Å²) in [5.74, 6) is 0.858. The summed E-state index contributed by atoms with van der Waals surface area (Å²) < 4.78 is 7.50. The first-order chi connectivity index (χ1) is 9.24. The van der Waals surface area contributed by atoms with Gasteiger partial charge in [0.2, 0.25) is 5.89 Å². The normalized spacial score (nSPS) is 10.6. The van der Waals surface area contributed by atoms with Crippen LogP contribution in [-0.2, 0) is 0 Å². The zero-order chi connectivity index (χ0) is 13.2. The second-order valence-corrected chi connectivity index (χ2v) is 5.52. The third-order valence-corrected chi connectivity index (χ3v) is 3.65. The number of halogens is 2. The molecule has 0 aliphatic rings. The fourth-order valence-electron chi connectivity index (χ4n) is 1.59. The minimum absolute atomic E-state index is 0.405. The van der Waals surface area contributed by atoms with Crippen LogP contribution in [0.25, 0.3) is 23.0 Å². The Labute approximate surface area is 126 Å². The van der Waals surface area contributed by atoms with E-state index in [4.69, 9.17) is 4.42 Å². The molecule has 2 heterocycles. The molecule has 4 nitrogen and oxygen atoms in total. The van der Waals surface area contributed by atoms with Gasteiger partial charge in [-0.1, -0.05) is 22.0 Å². The van der Waals surface area contributed by atoms with Gasteiger partial charge in [-0.15, -0.1) is 10.2 Å². The number of aromatic nitrogens is 3. The molecule has 3 rings (SSSR count). The summed E-state index contributed by atoms with van der Waals surface area (Å²) in [5, 5.41) is 8.08. The van der Waals surface area contributed by atoms with Crippen LogP contribution in [0.1, 0.15) is 0 Å². The van der Waals surface area contributed by atoms with Gasteiger partial charge in [-0.05, 0) is 46.3 Å². The van der Waals surface area contributed by atoms with E-state index in [1.54, 1.807) is 6.20 Å². The minimum atomic E-state index is 0.405. The Balaban J connectivity index is 2.04. The van der Waals surface area contributed by atoms with E-state index in [-0.39, 0.29) is 0 Å². The molecule has 0 spiro atoms. The number of benzene rings is 1. The van der Waals surface area contributed by atoms with Crippen LogP contribution in [0.2, 0.25) is 0 Å². The number of hydrogen-bond acceptors (Lipinski definition) is 4. The largest absolute Gasteiger partial charge is 0.415 e. The van der Waals surface area contributed by atoms with Crippen LogP contribution in [0.15, 0.2) is 56.0 Å². The van der Waals surface area contributed by atoms with Gasteiger partial charge in [-0.3, -0.25) is 4.98 Å². The molecular formula is C13H7Br2N3O. The van der Waals surface area contributed by atoms with Crippen molar-refractivity contribution in [2.75, 3.05) is 0 Å². The lowest BCUT2D eigenvalue weighted by Crippen LogP contribution is -1.80. The predicted octanol–water partition coefficient (Wildman–Crippen LogP) is 4.32. The highest BCUT2D eigenvalue weighted by atomic mass is 79.9. The van der Waals surface area contributed by atoms with Crippen LogP contribution in [0.5, 0.6) is 0 Å². The van der Waals surface area contributed by atoms with Gasteiger partial charge >= 0.3 is 0 Å². The summed E-state index contributed by atoms with van der Waals surface area (Å²) in [5.41, 5.74) is 1.50. The van der Waals surface area contributed by atoms with Crippen molar-refractivity contribution >= 4 is 31.9 Å². The summed E-state index contributed by atoms with van der Waals surface area (Å²) >= 11 is 6.89. The molecule has 0 atom stereocenters. The van der Waals surface area contributed by atoms with Gasteiger partial charge in [0.15, 0.2) is 0 Å². The van der Waals surface area contributed by atoms with Gasteiger partial charge in [-0.2, -0.15) is 0 Å². The molecule has 0 saturated heterocycles. The van der Waals surface area contributed by atoms with Gasteiger partial charge in [-0.25, -0.2) is 0 Å². The molecule has 0 fully saturated rings. The standard InChI is InChI=1S/C13H7Br2N3O/c14-8-4-5-10(15)9(7-8)12-17-18-13(19-12)11-3-1-2-6-16-11/h1-7H. The van der Waals surface area contributed by atoms with Gasteiger partial charge in [0.05, 0.1) is 5.56 Å². The number of hydrogen-bond donors (Lipinski definition) is 0. The highest BCUT2D eigenvalue weighted by Crippen LogP contribution is 2.31. The second kappa shape index (κ2) is 5.22. The Morgan fingerprint density at radius 3 is 2.58 bits per heavy atom. The monoisotopic (exact) mass is 379 g/mol. The van der Waals surface area contributed by atoms with E-state index in [1.165, 1.54) is 0 Å². The molecule has 0 bridgehead atoms. The molecule has 0 amide bonds. The maximum atomic E-state index is 5.66. The SMILES string of the molecule is Brc1ccc(Br)c(-c2nnc(-c3ccccn3)o2)c1. The molecule has 6 heteroatoms. The van der Waals surface area contributed by atoms with Crippen molar-refractivity contribution in [1.29, 1.82) is 0 Å². The van der Waals surface area contributed by atoms with E-state index < -0.39 is 0 Å². The number of pyridine rings is 1. The number of nitrogens with zero attached hydrogens (tertiary/aromatic N) is 3. The summed E-state index contributed by atoms with van der Waals surface area (Å²) in [7, 11) is 0. The Bertz CT molecular complexity index is 713. The zero-order valence-electron chi connectivity index (χ0n) is 9.55. The third-order valence-electron chi connectivity index (χ3n) is 2.47. The molecule has 0 aliphatic carbocycles. The van der Waals surface area contributed by atoms with Crippen LogP contribution in [-0.4, -0.2) is 15.2 Å². The van der Waals surface area contributed by atoms with E-state index in [0.717, 1.165) is 14.5 Å². The lowest BCUT2D eigenvalue weighted by molar-refractivity contribution is 0.582. The van der Waals surface area contributed by atoms with Crippen molar-refractivity contribution in [3.8, 4) is 23.0 Å². The molecule has 94 valence electrons. The van der Waals surface area contributed by atoms with E-state index in [2.05, 4.69) is 47.0 Å². The van der Waals surface area contributed by atoms with E-state index in [0.29, 0.717) is 17.5 Å². The van der Waals surface area contributed by atoms with Gasteiger partial charge < -0.3 is 4.42 Å².